The molecule has 116 valence electrons. The van der Waals surface area contributed by atoms with Crippen LogP contribution in [-0.4, -0.2) is 24.3 Å². The molecule has 0 bridgehead atoms. The lowest BCUT2D eigenvalue weighted by Crippen LogP contribution is -2.31. The van der Waals surface area contributed by atoms with Gasteiger partial charge in [-0.1, -0.05) is 18.0 Å². The summed E-state index contributed by atoms with van der Waals surface area (Å²) in [6.07, 6.45) is 5.45. The summed E-state index contributed by atoms with van der Waals surface area (Å²) in [5, 5.41) is 0.0176. The average molecular weight is 342 g/mol. The monoisotopic (exact) mass is 341 g/mol. The molecular weight excluding hydrogens is 330 g/mol. The third-order valence-corrected chi connectivity index (χ3v) is 4.98. The first-order chi connectivity index (χ1) is 10.5. The van der Waals surface area contributed by atoms with Crippen molar-refractivity contribution in [1.29, 1.82) is 0 Å². The van der Waals surface area contributed by atoms with Crippen molar-refractivity contribution < 1.29 is 17.6 Å². The summed E-state index contributed by atoms with van der Waals surface area (Å²) >= 11 is 5.65. The zero-order valence-corrected chi connectivity index (χ0v) is 12.9. The number of aromatic nitrogens is 2. The van der Waals surface area contributed by atoms with E-state index >= 15 is 0 Å². The lowest BCUT2D eigenvalue weighted by atomic mass is 9.85. The standard InChI is InChI=1S/C13H12ClN3O4S/c14-11-6-9(4-5-15-11)22(19,20)17-12(18)10-7-21-13(16-10)8-2-1-3-8/h4-8H,1-3H2,(H,17,18). The molecule has 1 N–H and O–H groups in total. The zero-order valence-electron chi connectivity index (χ0n) is 11.3. The second-order valence-electron chi connectivity index (χ2n) is 4.95. The predicted molar refractivity (Wildman–Crippen MR) is 77.0 cm³/mol. The highest BCUT2D eigenvalue weighted by Crippen LogP contribution is 2.35. The fourth-order valence-corrected chi connectivity index (χ4v) is 3.23. The second-order valence-corrected chi connectivity index (χ2v) is 7.02. The minimum Gasteiger partial charge on any atom is -0.448 e. The van der Waals surface area contributed by atoms with Crippen LogP contribution in [0, 0.1) is 0 Å². The number of halogens is 1. The highest BCUT2D eigenvalue weighted by atomic mass is 35.5. The van der Waals surface area contributed by atoms with Crippen LogP contribution in [0.5, 0.6) is 0 Å². The van der Waals surface area contributed by atoms with Gasteiger partial charge in [0.1, 0.15) is 11.4 Å². The Morgan fingerprint density at radius 1 is 1.41 bits per heavy atom. The van der Waals surface area contributed by atoms with Crippen LogP contribution in [0.1, 0.15) is 41.6 Å². The van der Waals surface area contributed by atoms with E-state index in [1.54, 1.807) is 0 Å². The third kappa shape index (κ3) is 2.97. The Morgan fingerprint density at radius 2 is 2.18 bits per heavy atom. The number of sulfonamides is 1. The van der Waals surface area contributed by atoms with Crippen molar-refractivity contribution in [3.05, 3.63) is 41.3 Å². The maximum absolute atomic E-state index is 12.1. The lowest BCUT2D eigenvalue weighted by molar-refractivity contribution is 0.0976. The summed E-state index contributed by atoms with van der Waals surface area (Å²) in [5.41, 5.74) is -0.0642. The van der Waals surface area contributed by atoms with Gasteiger partial charge in [0, 0.05) is 12.1 Å². The van der Waals surface area contributed by atoms with Gasteiger partial charge in [-0.3, -0.25) is 4.79 Å². The van der Waals surface area contributed by atoms with Crippen molar-refractivity contribution >= 4 is 27.5 Å². The summed E-state index contributed by atoms with van der Waals surface area (Å²) in [5.74, 6) is -0.153. The van der Waals surface area contributed by atoms with Gasteiger partial charge in [0.05, 0.1) is 4.90 Å². The average Bonchev–Trinajstić information content (AvgIpc) is 2.85. The van der Waals surface area contributed by atoms with Gasteiger partial charge in [0.25, 0.3) is 15.9 Å². The van der Waals surface area contributed by atoms with Crippen molar-refractivity contribution in [2.75, 3.05) is 0 Å². The molecule has 0 unspecified atom stereocenters. The van der Waals surface area contributed by atoms with Crippen LogP contribution < -0.4 is 4.72 Å². The summed E-state index contributed by atoms with van der Waals surface area (Å²) < 4.78 is 31.4. The maximum Gasteiger partial charge on any atom is 0.286 e. The molecule has 7 nitrogen and oxygen atoms in total. The van der Waals surface area contributed by atoms with E-state index in [0.717, 1.165) is 31.6 Å². The molecule has 2 heterocycles. The van der Waals surface area contributed by atoms with Crippen molar-refractivity contribution in [3.63, 3.8) is 0 Å². The van der Waals surface area contributed by atoms with Gasteiger partial charge in [-0.2, -0.15) is 0 Å². The molecular formula is C13H12ClN3O4S. The van der Waals surface area contributed by atoms with Gasteiger partial charge in [-0.05, 0) is 25.0 Å². The molecule has 3 rings (SSSR count). The largest absolute Gasteiger partial charge is 0.448 e. The summed E-state index contributed by atoms with van der Waals surface area (Å²) in [6, 6.07) is 2.39. The van der Waals surface area contributed by atoms with E-state index in [-0.39, 0.29) is 21.7 Å². The fourth-order valence-electron chi connectivity index (χ4n) is 2.02. The van der Waals surface area contributed by atoms with E-state index in [4.69, 9.17) is 16.0 Å². The van der Waals surface area contributed by atoms with Crippen LogP contribution >= 0.6 is 11.6 Å². The first kappa shape index (κ1) is 15.0. The first-order valence-electron chi connectivity index (χ1n) is 6.60. The number of carbonyl (C=O) groups is 1. The highest BCUT2D eigenvalue weighted by Gasteiger charge is 2.27. The van der Waals surface area contributed by atoms with E-state index in [9.17, 15) is 13.2 Å². The Bertz CT molecular complexity index is 814. The number of nitrogens with one attached hydrogen (secondary N) is 1. The van der Waals surface area contributed by atoms with Gasteiger partial charge in [-0.25, -0.2) is 23.1 Å². The molecule has 1 aliphatic rings. The molecule has 1 amide bonds. The minimum atomic E-state index is -4.04. The van der Waals surface area contributed by atoms with Crippen molar-refractivity contribution in [3.8, 4) is 0 Å². The molecule has 0 aliphatic heterocycles. The number of hydrogen-bond acceptors (Lipinski definition) is 6. The molecule has 0 spiro atoms. The maximum atomic E-state index is 12.1. The molecule has 0 atom stereocenters. The minimum absolute atomic E-state index is 0.0176. The van der Waals surface area contributed by atoms with Crippen LogP contribution in [0.3, 0.4) is 0 Å². The van der Waals surface area contributed by atoms with Gasteiger partial charge in [0.2, 0.25) is 0 Å². The normalized spacial score (nSPS) is 15.3. The summed E-state index contributed by atoms with van der Waals surface area (Å²) in [7, 11) is -4.04. The van der Waals surface area contributed by atoms with E-state index in [2.05, 4.69) is 9.97 Å². The van der Waals surface area contributed by atoms with Crippen molar-refractivity contribution in [1.82, 2.24) is 14.7 Å². The van der Waals surface area contributed by atoms with Gasteiger partial charge in [-0.15, -0.1) is 0 Å². The first-order valence-corrected chi connectivity index (χ1v) is 8.46. The Kier molecular flexibility index (Phi) is 3.88. The molecule has 22 heavy (non-hydrogen) atoms. The zero-order chi connectivity index (χ0) is 15.7. The van der Waals surface area contributed by atoms with Gasteiger partial charge < -0.3 is 4.42 Å². The van der Waals surface area contributed by atoms with Gasteiger partial charge in [0.15, 0.2) is 11.6 Å². The van der Waals surface area contributed by atoms with Crippen LogP contribution in [0.4, 0.5) is 0 Å². The quantitative estimate of drug-likeness (QED) is 0.854. The number of pyridine rings is 1. The molecule has 0 radical (unpaired) electrons. The molecule has 9 heteroatoms. The number of carbonyl (C=O) groups excluding carboxylic acids is 1. The molecule has 0 saturated heterocycles. The Hall–Kier alpha value is -1.93. The number of oxazole rings is 1. The Balaban J connectivity index is 1.76. The molecule has 1 saturated carbocycles. The van der Waals surface area contributed by atoms with Crippen LogP contribution in [0.25, 0.3) is 0 Å². The highest BCUT2D eigenvalue weighted by molar-refractivity contribution is 7.90. The smallest absolute Gasteiger partial charge is 0.286 e. The second kappa shape index (κ2) is 5.69. The number of hydrogen-bond donors (Lipinski definition) is 1. The van der Waals surface area contributed by atoms with E-state index in [1.807, 2.05) is 4.72 Å². The molecule has 2 aromatic rings. The molecule has 2 aromatic heterocycles. The van der Waals surface area contributed by atoms with Crippen LogP contribution in [0.2, 0.25) is 5.15 Å². The molecule has 0 aromatic carbocycles. The van der Waals surface area contributed by atoms with Crippen LogP contribution in [0.15, 0.2) is 33.9 Å². The van der Waals surface area contributed by atoms with Crippen molar-refractivity contribution in [2.24, 2.45) is 0 Å². The van der Waals surface area contributed by atoms with Gasteiger partial charge >= 0.3 is 0 Å². The van der Waals surface area contributed by atoms with E-state index in [0.29, 0.717) is 5.89 Å². The Morgan fingerprint density at radius 3 is 2.82 bits per heavy atom. The SMILES string of the molecule is O=C(NS(=O)(=O)c1ccnc(Cl)c1)c1coc(C2CCC2)n1. The van der Waals surface area contributed by atoms with E-state index in [1.165, 1.54) is 12.3 Å². The Labute approximate surface area is 131 Å². The van der Waals surface area contributed by atoms with E-state index < -0.39 is 15.9 Å². The molecule has 1 aliphatic carbocycles. The topological polar surface area (TPSA) is 102 Å². The lowest BCUT2D eigenvalue weighted by Gasteiger charge is -2.21. The number of rotatable bonds is 4. The fraction of sp³-hybridized carbons (Fsp3) is 0.308. The van der Waals surface area contributed by atoms with Crippen LogP contribution in [-0.2, 0) is 10.0 Å². The summed E-state index contributed by atoms with van der Waals surface area (Å²) in [4.78, 5) is 19.6. The molecule has 1 fully saturated rings. The number of amides is 1. The number of nitrogens with zero attached hydrogens (tertiary/aromatic N) is 2. The van der Waals surface area contributed by atoms with Crippen molar-refractivity contribution in [2.45, 2.75) is 30.1 Å². The third-order valence-electron chi connectivity index (χ3n) is 3.44. The summed E-state index contributed by atoms with van der Waals surface area (Å²) in [6.45, 7) is 0. The predicted octanol–water partition coefficient (Wildman–Crippen LogP) is 2.11.